The fourth-order valence-corrected chi connectivity index (χ4v) is 2.86. The van der Waals surface area contributed by atoms with E-state index in [2.05, 4.69) is 5.32 Å². The van der Waals surface area contributed by atoms with Crippen molar-refractivity contribution in [2.75, 3.05) is 5.75 Å². The zero-order valence-corrected chi connectivity index (χ0v) is 15.2. The lowest BCUT2D eigenvalue weighted by atomic mass is 10.1. The Morgan fingerprint density at radius 3 is 2.68 bits per heavy atom. The molecule has 0 spiro atoms. The van der Waals surface area contributed by atoms with Crippen molar-refractivity contribution in [2.45, 2.75) is 44.6 Å². The number of rotatable bonds is 7. The third kappa shape index (κ3) is 7.44. The summed E-state index contributed by atoms with van der Waals surface area (Å²) in [6.07, 6.45) is -0.628. The van der Waals surface area contributed by atoms with Crippen LogP contribution >= 0.6 is 11.8 Å². The maximum atomic E-state index is 13.9. The summed E-state index contributed by atoms with van der Waals surface area (Å²) in [7, 11) is 0. The molecule has 0 bridgehead atoms. The molecule has 0 aliphatic rings. The van der Waals surface area contributed by atoms with E-state index in [1.165, 1.54) is 17.8 Å². The van der Waals surface area contributed by atoms with Crippen LogP contribution in [-0.4, -0.2) is 34.6 Å². The van der Waals surface area contributed by atoms with E-state index in [4.69, 9.17) is 10.00 Å². The number of thioether (sulfide) groups is 1. The van der Waals surface area contributed by atoms with Gasteiger partial charge in [0.1, 0.15) is 23.5 Å². The number of carbonyl (C=O) groups excluding carboxylic acids is 1. The Balaban J connectivity index is 2.50. The second-order valence-corrected chi connectivity index (χ2v) is 7.37. The summed E-state index contributed by atoms with van der Waals surface area (Å²) >= 11 is 1.32. The van der Waals surface area contributed by atoms with Gasteiger partial charge < -0.3 is 15.2 Å². The van der Waals surface area contributed by atoms with Gasteiger partial charge in [-0.05, 0) is 44.6 Å². The highest BCUT2D eigenvalue weighted by atomic mass is 32.2. The molecule has 1 amide bonds. The van der Waals surface area contributed by atoms with Gasteiger partial charge in [-0.15, -0.1) is 0 Å². The Morgan fingerprint density at radius 1 is 1.44 bits per heavy atom. The van der Waals surface area contributed by atoms with Crippen LogP contribution in [-0.2, 0) is 15.3 Å². The third-order valence-corrected chi connectivity index (χ3v) is 4.04. The zero-order chi connectivity index (χ0) is 19.0. The van der Waals surface area contributed by atoms with Crippen LogP contribution in [0.25, 0.3) is 0 Å². The molecule has 6 nitrogen and oxygen atoms in total. The summed E-state index contributed by atoms with van der Waals surface area (Å²) in [4.78, 5) is 22.9. The van der Waals surface area contributed by atoms with Crippen molar-refractivity contribution >= 4 is 23.8 Å². The first-order valence-electron chi connectivity index (χ1n) is 7.61. The van der Waals surface area contributed by atoms with E-state index in [1.807, 2.05) is 0 Å². The number of carbonyl (C=O) groups is 2. The van der Waals surface area contributed by atoms with Gasteiger partial charge in [0.05, 0.1) is 5.56 Å². The number of aliphatic carboxylic acids is 1. The lowest BCUT2D eigenvalue weighted by molar-refractivity contribution is -0.139. The van der Waals surface area contributed by atoms with Crippen molar-refractivity contribution in [3.05, 3.63) is 35.1 Å². The maximum absolute atomic E-state index is 13.9. The number of nitriles is 1. The molecule has 1 unspecified atom stereocenters. The minimum Gasteiger partial charge on any atom is -0.480 e. The molecule has 8 heteroatoms. The number of alkyl carbamates (subject to hydrolysis) is 1. The molecule has 1 rings (SSSR count). The lowest BCUT2D eigenvalue weighted by Gasteiger charge is -2.22. The fraction of sp³-hybridized carbons (Fsp3) is 0.471. The van der Waals surface area contributed by atoms with Gasteiger partial charge in [0.25, 0.3) is 0 Å². The van der Waals surface area contributed by atoms with E-state index in [-0.39, 0.29) is 12.0 Å². The number of hydrogen-bond acceptors (Lipinski definition) is 5. The van der Waals surface area contributed by atoms with Gasteiger partial charge in [-0.2, -0.15) is 17.0 Å². The summed E-state index contributed by atoms with van der Waals surface area (Å²) in [5.74, 6) is -1.02. The highest BCUT2D eigenvalue weighted by molar-refractivity contribution is 7.98. The van der Waals surface area contributed by atoms with Crippen LogP contribution in [0, 0.1) is 17.1 Å². The van der Waals surface area contributed by atoms with Crippen molar-refractivity contribution in [3.8, 4) is 6.07 Å². The molecule has 0 saturated heterocycles. The summed E-state index contributed by atoms with van der Waals surface area (Å²) in [5.41, 5.74) is -0.352. The van der Waals surface area contributed by atoms with Crippen LogP contribution in [0.15, 0.2) is 18.2 Å². The third-order valence-electron chi connectivity index (χ3n) is 3.00. The Hall–Kier alpha value is -2.27. The molecule has 0 aliphatic carbocycles. The van der Waals surface area contributed by atoms with Gasteiger partial charge in [-0.25, -0.2) is 14.0 Å². The molecular weight excluding hydrogens is 347 g/mol. The predicted octanol–water partition coefficient (Wildman–Crippen LogP) is 3.30. The normalized spacial score (nSPS) is 12.1. The molecule has 1 aromatic rings. The molecule has 25 heavy (non-hydrogen) atoms. The monoisotopic (exact) mass is 368 g/mol. The van der Waals surface area contributed by atoms with Crippen molar-refractivity contribution in [2.24, 2.45) is 0 Å². The van der Waals surface area contributed by atoms with Gasteiger partial charge in [-0.1, -0.05) is 12.1 Å². The molecule has 136 valence electrons. The van der Waals surface area contributed by atoms with Crippen LogP contribution in [0.5, 0.6) is 0 Å². The van der Waals surface area contributed by atoms with Gasteiger partial charge in [0.2, 0.25) is 0 Å². The molecule has 0 heterocycles. The molecule has 1 atom stereocenters. The zero-order valence-electron chi connectivity index (χ0n) is 14.3. The van der Waals surface area contributed by atoms with E-state index in [0.29, 0.717) is 17.1 Å². The van der Waals surface area contributed by atoms with Gasteiger partial charge >= 0.3 is 12.1 Å². The topological polar surface area (TPSA) is 99.4 Å². The van der Waals surface area contributed by atoms with Crippen molar-refractivity contribution < 1.29 is 23.8 Å². The number of carboxylic acid groups (broad SMARTS) is 1. The first-order valence-corrected chi connectivity index (χ1v) is 8.77. The second kappa shape index (κ2) is 9.28. The summed E-state index contributed by atoms with van der Waals surface area (Å²) in [5, 5.41) is 20.3. The van der Waals surface area contributed by atoms with Crippen molar-refractivity contribution in [3.63, 3.8) is 0 Å². The van der Waals surface area contributed by atoms with Crippen LogP contribution in [0.3, 0.4) is 0 Å². The molecule has 2 N–H and O–H groups in total. The Labute approximate surface area is 150 Å². The van der Waals surface area contributed by atoms with Crippen LogP contribution < -0.4 is 5.32 Å². The smallest absolute Gasteiger partial charge is 0.408 e. The number of nitrogens with one attached hydrogen (secondary N) is 1. The molecule has 1 aromatic carbocycles. The highest BCUT2D eigenvalue weighted by Gasteiger charge is 2.23. The lowest BCUT2D eigenvalue weighted by Crippen LogP contribution is -2.43. The molecule has 0 aromatic heterocycles. The van der Waals surface area contributed by atoms with Crippen molar-refractivity contribution in [1.29, 1.82) is 5.26 Å². The highest BCUT2D eigenvalue weighted by Crippen LogP contribution is 2.19. The van der Waals surface area contributed by atoms with E-state index in [0.717, 1.165) is 0 Å². The Bertz CT molecular complexity index is 668. The number of benzene rings is 1. The first-order chi connectivity index (χ1) is 11.6. The summed E-state index contributed by atoms with van der Waals surface area (Å²) in [6, 6.07) is 5.27. The maximum Gasteiger partial charge on any atom is 0.408 e. The van der Waals surface area contributed by atoms with Gasteiger partial charge in [0.15, 0.2) is 0 Å². The first kappa shape index (κ1) is 20.8. The van der Waals surface area contributed by atoms with Crippen LogP contribution in [0.1, 0.15) is 38.3 Å². The molecule has 0 aliphatic heterocycles. The second-order valence-electron chi connectivity index (χ2n) is 6.27. The van der Waals surface area contributed by atoms with Gasteiger partial charge in [-0.3, -0.25) is 0 Å². The predicted molar refractivity (Wildman–Crippen MR) is 92.7 cm³/mol. The summed E-state index contributed by atoms with van der Waals surface area (Å²) < 4.78 is 18.9. The number of amides is 1. The fourth-order valence-electron chi connectivity index (χ4n) is 1.87. The largest absolute Gasteiger partial charge is 0.480 e. The SMILES string of the molecule is CC(C)(C)OC(=O)NC(CCSCc1cccc(C#N)c1F)C(=O)O. The van der Waals surface area contributed by atoms with Crippen molar-refractivity contribution in [1.82, 2.24) is 5.32 Å². The minimum atomic E-state index is -1.16. The molecule has 0 radical (unpaired) electrons. The van der Waals surface area contributed by atoms with E-state index >= 15 is 0 Å². The van der Waals surface area contributed by atoms with E-state index in [9.17, 15) is 19.1 Å². The Morgan fingerprint density at radius 2 is 2.12 bits per heavy atom. The van der Waals surface area contributed by atoms with Crippen LogP contribution in [0.2, 0.25) is 0 Å². The van der Waals surface area contributed by atoms with Gasteiger partial charge in [0, 0.05) is 5.75 Å². The number of halogens is 1. The van der Waals surface area contributed by atoms with E-state index < -0.39 is 29.5 Å². The van der Waals surface area contributed by atoms with E-state index in [1.54, 1.807) is 39.0 Å². The number of carboxylic acids is 1. The van der Waals surface area contributed by atoms with Crippen LogP contribution in [0.4, 0.5) is 9.18 Å². The standard InChI is InChI=1S/C17H21FN2O4S/c1-17(2,3)24-16(23)20-13(15(21)22)7-8-25-10-12-6-4-5-11(9-19)14(12)18/h4-6,13H,7-8,10H2,1-3H3,(H,20,23)(H,21,22). The number of ether oxygens (including phenoxy) is 1. The quantitative estimate of drug-likeness (QED) is 0.717. The molecule has 0 saturated carbocycles. The minimum absolute atomic E-state index is 0.0203. The summed E-state index contributed by atoms with van der Waals surface area (Å²) in [6.45, 7) is 5.05. The molecule has 0 fully saturated rings. The molecular formula is C17H21FN2O4S. The number of nitrogens with zero attached hydrogens (tertiary/aromatic N) is 1. The number of hydrogen-bond donors (Lipinski definition) is 2. The average Bonchev–Trinajstić information content (AvgIpc) is 2.49. The Kier molecular flexibility index (Phi) is 7.71. The average molecular weight is 368 g/mol.